The molecule has 0 aliphatic heterocycles. The summed E-state index contributed by atoms with van der Waals surface area (Å²) in [6.45, 7) is 7.28. The molecule has 1 rings (SSSR count). The Kier molecular flexibility index (Phi) is 3.95. The molecule has 2 nitrogen and oxygen atoms in total. The molecule has 1 aromatic carbocycles. The highest BCUT2D eigenvalue weighted by Gasteiger charge is 2.12. The molecular formula is C12H19FN2. The van der Waals surface area contributed by atoms with Gasteiger partial charge in [-0.05, 0) is 38.5 Å². The Bertz CT molecular complexity index is 323. The van der Waals surface area contributed by atoms with E-state index in [1.807, 2.05) is 0 Å². The summed E-state index contributed by atoms with van der Waals surface area (Å²) >= 11 is 0. The molecule has 2 N–H and O–H groups in total. The average molecular weight is 210 g/mol. The molecule has 0 aromatic heterocycles. The quantitative estimate of drug-likeness (QED) is 0.774. The monoisotopic (exact) mass is 210 g/mol. The summed E-state index contributed by atoms with van der Waals surface area (Å²) in [6.07, 6.45) is 1.05. The number of nitrogens with two attached hydrogens (primary N) is 1. The fourth-order valence-electron chi connectivity index (χ4n) is 1.68. The summed E-state index contributed by atoms with van der Waals surface area (Å²) in [6, 6.07) is 4.95. The molecule has 3 heteroatoms. The van der Waals surface area contributed by atoms with Gasteiger partial charge in [0.05, 0.1) is 11.4 Å². The minimum Gasteiger partial charge on any atom is -0.397 e. The van der Waals surface area contributed by atoms with Crippen molar-refractivity contribution >= 4 is 11.4 Å². The number of anilines is 2. The molecule has 0 atom stereocenters. The van der Waals surface area contributed by atoms with Gasteiger partial charge < -0.3 is 10.6 Å². The van der Waals surface area contributed by atoms with Crippen LogP contribution in [0.3, 0.4) is 0 Å². The van der Waals surface area contributed by atoms with Crippen LogP contribution < -0.4 is 10.6 Å². The maximum atomic E-state index is 12.9. The standard InChI is InChI=1S/C12H19FN2/c1-4-7-15(9(2)3)12-6-5-10(13)8-11(12)14/h5-6,8-9H,4,7,14H2,1-3H3. The first-order valence-electron chi connectivity index (χ1n) is 5.38. The lowest BCUT2D eigenvalue weighted by molar-refractivity contribution is 0.626. The summed E-state index contributed by atoms with van der Waals surface area (Å²) in [4.78, 5) is 2.19. The summed E-state index contributed by atoms with van der Waals surface area (Å²) in [5, 5.41) is 0. The molecular weight excluding hydrogens is 191 g/mol. The number of hydrogen-bond acceptors (Lipinski definition) is 2. The van der Waals surface area contributed by atoms with Crippen molar-refractivity contribution in [2.75, 3.05) is 17.2 Å². The predicted octanol–water partition coefficient (Wildman–Crippen LogP) is 3.03. The molecule has 0 amide bonds. The van der Waals surface area contributed by atoms with Gasteiger partial charge in [-0.2, -0.15) is 0 Å². The molecule has 0 spiro atoms. The van der Waals surface area contributed by atoms with Crippen LogP contribution >= 0.6 is 0 Å². The molecule has 0 unspecified atom stereocenters. The van der Waals surface area contributed by atoms with Crippen molar-refractivity contribution in [3.05, 3.63) is 24.0 Å². The lowest BCUT2D eigenvalue weighted by atomic mass is 10.2. The summed E-state index contributed by atoms with van der Waals surface area (Å²) in [5.74, 6) is -0.281. The van der Waals surface area contributed by atoms with Gasteiger partial charge >= 0.3 is 0 Å². The second-order valence-electron chi connectivity index (χ2n) is 3.99. The van der Waals surface area contributed by atoms with E-state index in [4.69, 9.17) is 5.73 Å². The highest BCUT2D eigenvalue weighted by atomic mass is 19.1. The molecule has 0 saturated carbocycles. The van der Waals surface area contributed by atoms with Gasteiger partial charge in [-0.3, -0.25) is 0 Å². The van der Waals surface area contributed by atoms with Crippen molar-refractivity contribution in [3.63, 3.8) is 0 Å². The maximum absolute atomic E-state index is 12.9. The van der Waals surface area contributed by atoms with E-state index in [1.54, 1.807) is 6.07 Å². The van der Waals surface area contributed by atoms with Crippen LogP contribution in [0, 0.1) is 5.82 Å². The average Bonchev–Trinajstić information content (AvgIpc) is 2.15. The Balaban J connectivity index is 3.00. The van der Waals surface area contributed by atoms with Crippen molar-refractivity contribution in [3.8, 4) is 0 Å². The van der Waals surface area contributed by atoms with Gasteiger partial charge in [-0.25, -0.2) is 4.39 Å². The minimum absolute atomic E-state index is 0.281. The van der Waals surface area contributed by atoms with Gasteiger partial charge in [-0.15, -0.1) is 0 Å². The molecule has 15 heavy (non-hydrogen) atoms. The topological polar surface area (TPSA) is 29.3 Å². The van der Waals surface area contributed by atoms with Crippen LogP contribution in [0.4, 0.5) is 15.8 Å². The smallest absolute Gasteiger partial charge is 0.125 e. The van der Waals surface area contributed by atoms with Crippen molar-refractivity contribution in [1.29, 1.82) is 0 Å². The number of benzene rings is 1. The Morgan fingerprint density at radius 3 is 2.53 bits per heavy atom. The molecule has 0 aliphatic carbocycles. The maximum Gasteiger partial charge on any atom is 0.125 e. The number of rotatable bonds is 4. The molecule has 0 radical (unpaired) electrons. The van der Waals surface area contributed by atoms with E-state index in [1.165, 1.54) is 12.1 Å². The Hall–Kier alpha value is -1.25. The second-order valence-corrected chi connectivity index (χ2v) is 3.99. The van der Waals surface area contributed by atoms with Crippen LogP contribution in [0.5, 0.6) is 0 Å². The predicted molar refractivity (Wildman–Crippen MR) is 63.6 cm³/mol. The van der Waals surface area contributed by atoms with Gasteiger partial charge in [-0.1, -0.05) is 6.92 Å². The Labute approximate surface area is 90.9 Å². The van der Waals surface area contributed by atoms with Crippen molar-refractivity contribution in [2.45, 2.75) is 33.2 Å². The van der Waals surface area contributed by atoms with E-state index >= 15 is 0 Å². The van der Waals surface area contributed by atoms with Crippen molar-refractivity contribution < 1.29 is 4.39 Å². The minimum atomic E-state index is -0.281. The van der Waals surface area contributed by atoms with Gasteiger partial charge in [0.25, 0.3) is 0 Å². The molecule has 1 aromatic rings. The van der Waals surface area contributed by atoms with E-state index in [2.05, 4.69) is 25.7 Å². The number of nitrogen functional groups attached to an aromatic ring is 1. The SMILES string of the molecule is CCCN(c1ccc(F)cc1N)C(C)C. The van der Waals surface area contributed by atoms with Gasteiger partial charge in [0.1, 0.15) is 5.82 Å². The molecule has 0 heterocycles. The molecule has 0 bridgehead atoms. The summed E-state index contributed by atoms with van der Waals surface area (Å²) in [7, 11) is 0. The summed E-state index contributed by atoms with van der Waals surface area (Å²) < 4.78 is 12.9. The third-order valence-electron chi connectivity index (χ3n) is 2.39. The van der Waals surface area contributed by atoms with E-state index in [9.17, 15) is 4.39 Å². The molecule has 84 valence electrons. The number of nitrogens with zero attached hydrogens (tertiary/aromatic N) is 1. The van der Waals surface area contributed by atoms with Crippen LogP contribution in [-0.2, 0) is 0 Å². The normalized spacial score (nSPS) is 10.7. The van der Waals surface area contributed by atoms with Crippen LogP contribution in [0.1, 0.15) is 27.2 Å². The Morgan fingerprint density at radius 1 is 1.40 bits per heavy atom. The number of hydrogen-bond donors (Lipinski definition) is 1. The molecule has 0 fully saturated rings. The van der Waals surface area contributed by atoms with Crippen LogP contribution in [0.15, 0.2) is 18.2 Å². The van der Waals surface area contributed by atoms with Crippen LogP contribution in [0.25, 0.3) is 0 Å². The number of halogens is 1. The first kappa shape index (κ1) is 11.8. The van der Waals surface area contributed by atoms with E-state index in [0.29, 0.717) is 11.7 Å². The summed E-state index contributed by atoms with van der Waals surface area (Å²) in [5.41, 5.74) is 7.24. The van der Waals surface area contributed by atoms with Gasteiger partial charge in [0, 0.05) is 12.6 Å². The van der Waals surface area contributed by atoms with Gasteiger partial charge in [0.15, 0.2) is 0 Å². The first-order chi connectivity index (χ1) is 7.06. The fraction of sp³-hybridized carbons (Fsp3) is 0.500. The zero-order chi connectivity index (χ0) is 11.4. The zero-order valence-electron chi connectivity index (χ0n) is 9.63. The first-order valence-corrected chi connectivity index (χ1v) is 5.38. The van der Waals surface area contributed by atoms with E-state index < -0.39 is 0 Å². The third-order valence-corrected chi connectivity index (χ3v) is 2.39. The second kappa shape index (κ2) is 5.01. The van der Waals surface area contributed by atoms with Crippen LogP contribution in [-0.4, -0.2) is 12.6 Å². The largest absolute Gasteiger partial charge is 0.397 e. The Morgan fingerprint density at radius 2 is 2.07 bits per heavy atom. The molecule has 0 saturated heterocycles. The fourth-order valence-corrected chi connectivity index (χ4v) is 1.68. The van der Waals surface area contributed by atoms with Crippen molar-refractivity contribution in [2.24, 2.45) is 0 Å². The highest BCUT2D eigenvalue weighted by Crippen LogP contribution is 2.25. The third kappa shape index (κ3) is 2.85. The zero-order valence-corrected chi connectivity index (χ0v) is 9.63. The lowest BCUT2D eigenvalue weighted by Gasteiger charge is -2.29. The van der Waals surface area contributed by atoms with Gasteiger partial charge in [0.2, 0.25) is 0 Å². The van der Waals surface area contributed by atoms with Crippen LogP contribution in [0.2, 0.25) is 0 Å². The van der Waals surface area contributed by atoms with E-state index in [-0.39, 0.29) is 5.82 Å². The lowest BCUT2D eigenvalue weighted by Crippen LogP contribution is -2.32. The molecule has 0 aliphatic rings. The van der Waals surface area contributed by atoms with E-state index in [0.717, 1.165) is 18.7 Å². The highest BCUT2D eigenvalue weighted by molar-refractivity contribution is 5.67. The van der Waals surface area contributed by atoms with Crippen molar-refractivity contribution in [1.82, 2.24) is 0 Å².